The molecule has 0 saturated carbocycles. The minimum Gasteiger partial charge on any atom is -0.378 e. The Balaban J connectivity index is 1.45. The van der Waals surface area contributed by atoms with Crippen molar-refractivity contribution >= 4 is 11.6 Å². The monoisotopic (exact) mass is 423 g/mol. The van der Waals surface area contributed by atoms with Crippen LogP contribution in [0.3, 0.4) is 0 Å². The van der Waals surface area contributed by atoms with E-state index >= 15 is 0 Å². The van der Waals surface area contributed by atoms with Crippen LogP contribution in [0.1, 0.15) is 24.2 Å². The molecule has 1 aliphatic heterocycles. The average Bonchev–Trinajstić information content (AvgIpc) is 3.18. The lowest BCUT2D eigenvalue weighted by Crippen LogP contribution is -2.37. The number of alkyl halides is 3. The van der Waals surface area contributed by atoms with Gasteiger partial charge in [0.15, 0.2) is 5.69 Å². The zero-order valence-electron chi connectivity index (χ0n) is 16.2. The topological polar surface area (TPSA) is 90.4 Å². The van der Waals surface area contributed by atoms with Crippen LogP contribution in [0, 0.1) is 5.92 Å². The molecule has 12 heteroatoms. The molecule has 3 aromatic rings. The maximum absolute atomic E-state index is 12.7. The van der Waals surface area contributed by atoms with Crippen molar-refractivity contribution < 1.29 is 17.9 Å². The fourth-order valence-corrected chi connectivity index (χ4v) is 3.63. The first kappa shape index (κ1) is 20.3. The van der Waals surface area contributed by atoms with E-state index < -0.39 is 17.4 Å². The van der Waals surface area contributed by atoms with Crippen molar-refractivity contribution in [2.45, 2.75) is 32.2 Å². The second-order valence-corrected chi connectivity index (χ2v) is 7.20. The molecule has 0 N–H and O–H groups in total. The summed E-state index contributed by atoms with van der Waals surface area (Å²) in [6.45, 7) is 2.11. The van der Waals surface area contributed by atoms with E-state index in [2.05, 4.69) is 25.0 Å². The van der Waals surface area contributed by atoms with Crippen molar-refractivity contribution in [2.75, 3.05) is 25.1 Å². The number of piperidine rings is 1. The summed E-state index contributed by atoms with van der Waals surface area (Å²) in [4.78, 5) is 26.1. The highest BCUT2D eigenvalue weighted by Gasteiger charge is 2.33. The number of halogens is 3. The Morgan fingerprint density at radius 3 is 2.63 bits per heavy atom. The van der Waals surface area contributed by atoms with Crippen molar-refractivity contribution in [3.63, 3.8) is 0 Å². The molecule has 0 amide bonds. The maximum Gasteiger partial charge on any atom is 0.433 e. The predicted octanol–water partition coefficient (Wildman–Crippen LogP) is 1.76. The molecule has 3 aromatic heterocycles. The van der Waals surface area contributed by atoms with E-state index in [1.165, 1.54) is 10.9 Å². The number of aromatic nitrogens is 6. The van der Waals surface area contributed by atoms with Crippen molar-refractivity contribution in [1.29, 1.82) is 0 Å². The van der Waals surface area contributed by atoms with E-state index in [1.54, 1.807) is 11.6 Å². The van der Waals surface area contributed by atoms with Gasteiger partial charge in [-0.25, -0.2) is 9.97 Å². The molecule has 9 nitrogen and oxygen atoms in total. The van der Waals surface area contributed by atoms with Crippen molar-refractivity contribution in [2.24, 2.45) is 5.92 Å². The molecule has 4 rings (SSSR count). The molecule has 1 saturated heterocycles. The third-order valence-corrected chi connectivity index (χ3v) is 5.14. The number of anilines is 1. The summed E-state index contributed by atoms with van der Waals surface area (Å²) in [6.07, 6.45) is -0.658. The Hall–Kier alpha value is -3.02. The first-order valence-electron chi connectivity index (χ1n) is 9.42. The number of hydrogen-bond donors (Lipinski definition) is 0. The highest BCUT2D eigenvalue weighted by Crippen LogP contribution is 2.27. The maximum atomic E-state index is 12.7. The molecule has 1 aliphatic rings. The fourth-order valence-electron chi connectivity index (χ4n) is 3.63. The SMILES string of the molecule is COCc1cc(N2CCC(Cn3cnc(C(F)(F)F)cc3=O)CC2)n2ncnc2n1. The van der Waals surface area contributed by atoms with Crippen molar-refractivity contribution in [3.8, 4) is 0 Å². The number of nitrogens with zero attached hydrogens (tertiary/aromatic N) is 7. The standard InChI is InChI=1S/C18H20F3N7O2/c1-30-9-13-6-15(28-17(25-13)22-10-24-28)26-4-2-12(3-5-26)8-27-11-23-14(7-16(27)29)18(19,20)21/h6-7,10-12H,2-5,8-9H2,1H3. The highest BCUT2D eigenvalue weighted by atomic mass is 19.4. The van der Waals surface area contributed by atoms with Gasteiger partial charge in [0.2, 0.25) is 0 Å². The summed E-state index contributed by atoms with van der Waals surface area (Å²) in [5.41, 5.74) is -1.11. The lowest BCUT2D eigenvalue weighted by Gasteiger charge is -2.33. The molecule has 0 spiro atoms. The van der Waals surface area contributed by atoms with E-state index in [9.17, 15) is 18.0 Å². The van der Waals surface area contributed by atoms with E-state index in [0.717, 1.165) is 30.7 Å². The largest absolute Gasteiger partial charge is 0.433 e. The number of rotatable bonds is 5. The number of hydrogen-bond acceptors (Lipinski definition) is 7. The van der Waals surface area contributed by atoms with E-state index in [1.807, 2.05) is 6.07 Å². The minimum absolute atomic E-state index is 0.156. The van der Waals surface area contributed by atoms with Gasteiger partial charge in [-0.2, -0.15) is 27.8 Å². The fraction of sp³-hybridized carbons (Fsp3) is 0.500. The Morgan fingerprint density at radius 2 is 1.97 bits per heavy atom. The average molecular weight is 423 g/mol. The molecule has 0 aliphatic carbocycles. The minimum atomic E-state index is -4.62. The van der Waals surface area contributed by atoms with Gasteiger partial charge in [-0.05, 0) is 18.8 Å². The molecule has 4 heterocycles. The van der Waals surface area contributed by atoms with E-state index in [0.29, 0.717) is 38.1 Å². The molecule has 30 heavy (non-hydrogen) atoms. The Kier molecular flexibility index (Phi) is 5.41. The van der Waals surface area contributed by atoms with Gasteiger partial charge < -0.3 is 9.64 Å². The van der Waals surface area contributed by atoms with Crippen LogP contribution in [0.15, 0.2) is 29.6 Å². The van der Waals surface area contributed by atoms with Crippen LogP contribution in [-0.2, 0) is 24.1 Å². The number of fused-ring (bicyclic) bond motifs is 1. The lowest BCUT2D eigenvalue weighted by molar-refractivity contribution is -0.141. The Bertz CT molecular complexity index is 1090. The van der Waals surface area contributed by atoms with Gasteiger partial charge in [0.25, 0.3) is 11.3 Å². The molecular weight excluding hydrogens is 403 g/mol. The molecule has 0 bridgehead atoms. The predicted molar refractivity (Wildman–Crippen MR) is 99.9 cm³/mol. The summed E-state index contributed by atoms with van der Waals surface area (Å²) in [5, 5.41) is 4.24. The van der Waals surface area contributed by atoms with Gasteiger partial charge in [0.05, 0.1) is 18.6 Å². The van der Waals surface area contributed by atoms with Gasteiger partial charge in [-0.1, -0.05) is 0 Å². The van der Waals surface area contributed by atoms with Crippen LogP contribution in [0.25, 0.3) is 5.78 Å². The first-order chi connectivity index (χ1) is 14.3. The van der Waals surface area contributed by atoms with Gasteiger partial charge in [-0.3, -0.25) is 9.36 Å². The third kappa shape index (κ3) is 4.13. The van der Waals surface area contributed by atoms with Crippen LogP contribution in [-0.4, -0.2) is 49.3 Å². The number of ether oxygens (including phenoxy) is 1. The lowest BCUT2D eigenvalue weighted by atomic mass is 9.96. The van der Waals surface area contributed by atoms with Crippen LogP contribution in [0.5, 0.6) is 0 Å². The summed E-state index contributed by atoms with van der Waals surface area (Å²) >= 11 is 0. The van der Waals surface area contributed by atoms with Gasteiger partial charge >= 0.3 is 6.18 Å². The second kappa shape index (κ2) is 8.01. The first-order valence-corrected chi connectivity index (χ1v) is 9.42. The Morgan fingerprint density at radius 1 is 1.20 bits per heavy atom. The summed E-state index contributed by atoms with van der Waals surface area (Å²) < 4.78 is 46.1. The normalized spacial score (nSPS) is 15.8. The zero-order valence-corrected chi connectivity index (χ0v) is 16.2. The smallest absolute Gasteiger partial charge is 0.378 e. The number of methoxy groups -OCH3 is 1. The summed E-state index contributed by atoms with van der Waals surface area (Å²) in [5.74, 6) is 1.50. The van der Waals surface area contributed by atoms with Crippen LogP contribution in [0.2, 0.25) is 0 Å². The van der Waals surface area contributed by atoms with Crippen LogP contribution in [0.4, 0.5) is 19.0 Å². The summed E-state index contributed by atoms with van der Waals surface area (Å²) in [6, 6.07) is 2.46. The molecular formula is C18H20F3N7O2. The molecule has 1 fully saturated rings. The van der Waals surface area contributed by atoms with Gasteiger partial charge in [0, 0.05) is 38.9 Å². The quantitative estimate of drug-likeness (QED) is 0.618. The molecule has 0 radical (unpaired) electrons. The molecule has 160 valence electrons. The van der Waals surface area contributed by atoms with Crippen LogP contribution >= 0.6 is 0 Å². The third-order valence-electron chi connectivity index (χ3n) is 5.14. The van der Waals surface area contributed by atoms with Crippen molar-refractivity contribution in [1.82, 2.24) is 29.1 Å². The van der Waals surface area contributed by atoms with Gasteiger partial charge in [0.1, 0.15) is 12.1 Å². The molecule has 0 aromatic carbocycles. The summed E-state index contributed by atoms with van der Waals surface area (Å²) in [7, 11) is 1.60. The highest BCUT2D eigenvalue weighted by molar-refractivity contribution is 5.47. The van der Waals surface area contributed by atoms with Gasteiger partial charge in [-0.15, -0.1) is 0 Å². The second-order valence-electron chi connectivity index (χ2n) is 7.20. The molecule has 0 unspecified atom stereocenters. The van der Waals surface area contributed by atoms with Crippen molar-refractivity contribution in [3.05, 3.63) is 46.5 Å². The van der Waals surface area contributed by atoms with E-state index in [-0.39, 0.29) is 5.92 Å². The Labute approximate surface area is 169 Å². The zero-order chi connectivity index (χ0) is 21.3. The van der Waals surface area contributed by atoms with Crippen LogP contribution < -0.4 is 10.5 Å². The van der Waals surface area contributed by atoms with E-state index in [4.69, 9.17) is 4.74 Å². The molecule has 0 atom stereocenters.